The first kappa shape index (κ1) is 12.4. The van der Waals surface area contributed by atoms with Crippen molar-refractivity contribution in [2.45, 2.75) is 17.7 Å². The Hall–Kier alpha value is -1.03. The van der Waals surface area contributed by atoms with Crippen LogP contribution in [0.3, 0.4) is 0 Å². The SMILES string of the molecule is Cc1nsc(NS(=O)(=O)c2ccc(CN)s2)n1. The van der Waals surface area contributed by atoms with Crippen LogP contribution in [-0.4, -0.2) is 17.8 Å². The van der Waals surface area contributed by atoms with Gasteiger partial charge in [0, 0.05) is 23.0 Å². The molecule has 92 valence electrons. The van der Waals surface area contributed by atoms with Crippen molar-refractivity contribution in [3.8, 4) is 0 Å². The standard InChI is InChI=1S/C8H10N4O2S3/c1-5-10-8(16-11-5)12-17(13,14)7-3-2-6(4-9)15-7/h2-3H,4,9H2,1H3,(H,10,11,12). The number of hydrogen-bond acceptors (Lipinski definition) is 7. The van der Waals surface area contributed by atoms with Gasteiger partial charge in [-0.2, -0.15) is 4.37 Å². The summed E-state index contributed by atoms with van der Waals surface area (Å²) in [6, 6.07) is 3.23. The van der Waals surface area contributed by atoms with E-state index in [1.807, 2.05) is 0 Å². The number of nitrogens with zero attached hydrogens (tertiary/aromatic N) is 2. The molecule has 9 heteroatoms. The fraction of sp³-hybridized carbons (Fsp3) is 0.250. The lowest BCUT2D eigenvalue weighted by atomic mass is 10.5. The van der Waals surface area contributed by atoms with E-state index in [0.717, 1.165) is 27.7 Å². The van der Waals surface area contributed by atoms with Gasteiger partial charge in [0.15, 0.2) is 0 Å². The highest BCUT2D eigenvalue weighted by Crippen LogP contribution is 2.24. The molecule has 0 unspecified atom stereocenters. The lowest BCUT2D eigenvalue weighted by Crippen LogP contribution is -2.11. The number of nitrogens with one attached hydrogen (secondary N) is 1. The molecule has 0 amide bonds. The van der Waals surface area contributed by atoms with Crippen LogP contribution in [0, 0.1) is 6.92 Å². The molecule has 2 heterocycles. The minimum absolute atomic E-state index is 0.228. The largest absolute Gasteiger partial charge is 0.326 e. The summed E-state index contributed by atoms with van der Waals surface area (Å²) in [6.07, 6.45) is 0. The van der Waals surface area contributed by atoms with Crippen LogP contribution in [0.25, 0.3) is 0 Å². The number of nitrogens with two attached hydrogens (primary N) is 1. The molecule has 0 saturated heterocycles. The van der Waals surface area contributed by atoms with Crippen molar-refractivity contribution in [3.05, 3.63) is 22.8 Å². The minimum Gasteiger partial charge on any atom is -0.326 e. The van der Waals surface area contributed by atoms with Crippen molar-refractivity contribution in [2.24, 2.45) is 5.73 Å². The summed E-state index contributed by atoms with van der Waals surface area (Å²) in [5, 5.41) is 0.269. The second kappa shape index (κ2) is 4.69. The number of thiophene rings is 1. The van der Waals surface area contributed by atoms with Gasteiger partial charge in [0.25, 0.3) is 10.0 Å². The van der Waals surface area contributed by atoms with Gasteiger partial charge in [-0.15, -0.1) is 11.3 Å². The van der Waals surface area contributed by atoms with Crippen LogP contribution < -0.4 is 10.5 Å². The molecule has 0 aromatic carbocycles. The monoisotopic (exact) mass is 290 g/mol. The summed E-state index contributed by atoms with van der Waals surface area (Å²) in [5.74, 6) is 0.543. The van der Waals surface area contributed by atoms with Crippen LogP contribution in [0.2, 0.25) is 0 Å². The molecule has 2 rings (SSSR count). The maximum atomic E-state index is 11.9. The van der Waals surface area contributed by atoms with E-state index in [0.29, 0.717) is 12.4 Å². The summed E-state index contributed by atoms with van der Waals surface area (Å²) in [5.41, 5.74) is 5.44. The molecule has 2 aromatic rings. The molecule has 0 bridgehead atoms. The molecule has 0 radical (unpaired) electrons. The summed E-state index contributed by atoms with van der Waals surface area (Å²) >= 11 is 2.16. The Morgan fingerprint density at radius 3 is 2.76 bits per heavy atom. The maximum absolute atomic E-state index is 11.9. The average molecular weight is 290 g/mol. The van der Waals surface area contributed by atoms with Gasteiger partial charge in [-0.1, -0.05) is 0 Å². The van der Waals surface area contributed by atoms with Crippen LogP contribution in [0.15, 0.2) is 16.3 Å². The zero-order valence-corrected chi connectivity index (χ0v) is 11.3. The lowest BCUT2D eigenvalue weighted by molar-refractivity contribution is 0.603. The number of aryl methyl sites for hydroxylation is 1. The Morgan fingerprint density at radius 1 is 1.47 bits per heavy atom. The molecule has 0 aliphatic rings. The molecular formula is C8H10N4O2S3. The first-order valence-corrected chi connectivity index (χ1v) is 7.70. The molecule has 3 N–H and O–H groups in total. The average Bonchev–Trinajstić information content (AvgIpc) is 2.86. The Balaban J connectivity index is 2.24. The lowest BCUT2D eigenvalue weighted by Gasteiger charge is -2.00. The number of hydrogen-bond donors (Lipinski definition) is 2. The normalized spacial score (nSPS) is 11.6. The minimum atomic E-state index is -3.57. The van der Waals surface area contributed by atoms with Crippen molar-refractivity contribution in [1.29, 1.82) is 0 Å². The van der Waals surface area contributed by atoms with Crippen LogP contribution in [0.5, 0.6) is 0 Å². The van der Waals surface area contributed by atoms with E-state index < -0.39 is 10.0 Å². The Kier molecular flexibility index (Phi) is 3.43. The molecule has 6 nitrogen and oxygen atoms in total. The van der Waals surface area contributed by atoms with Gasteiger partial charge < -0.3 is 5.73 Å². The third-order valence-electron chi connectivity index (χ3n) is 1.85. The highest BCUT2D eigenvalue weighted by Gasteiger charge is 2.18. The van der Waals surface area contributed by atoms with E-state index in [-0.39, 0.29) is 9.34 Å². The molecule has 2 aromatic heterocycles. The van der Waals surface area contributed by atoms with Crippen LogP contribution in [0.4, 0.5) is 5.13 Å². The van der Waals surface area contributed by atoms with E-state index in [1.54, 1.807) is 13.0 Å². The fourth-order valence-electron chi connectivity index (χ4n) is 1.12. The van der Waals surface area contributed by atoms with Crippen LogP contribution in [-0.2, 0) is 16.6 Å². The second-order valence-corrected chi connectivity index (χ2v) is 7.01. The van der Waals surface area contributed by atoms with Crippen molar-refractivity contribution in [1.82, 2.24) is 9.36 Å². The summed E-state index contributed by atoms with van der Waals surface area (Å²) in [4.78, 5) is 4.76. The predicted molar refractivity (Wildman–Crippen MR) is 67.7 cm³/mol. The second-order valence-electron chi connectivity index (χ2n) is 3.18. The maximum Gasteiger partial charge on any atom is 0.273 e. The molecule has 0 aliphatic heterocycles. The van der Waals surface area contributed by atoms with Gasteiger partial charge in [0.2, 0.25) is 5.13 Å². The summed E-state index contributed by atoms with van der Waals surface area (Å²) < 4.78 is 30.4. The van der Waals surface area contributed by atoms with Crippen molar-refractivity contribution in [2.75, 3.05) is 4.72 Å². The third-order valence-corrected chi connectivity index (χ3v) is 5.64. The first-order chi connectivity index (χ1) is 8.01. The predicted octanol–water partition coefficient (Wildman–Crippen LogP) is 1.17. The van der Waals surface area contributed by atoms with Gasteiger partial charge in [0.05, 0.1) is 0 Å². The van der Waals surface area contributed by atoms with Crippen molar-refractivity contribution >= 4 is 38.0 Å². The van der Waals surface area contributed by atoms with Gasteiger partial charge in [-0.05, 0) is 19.1 Å². The topological polar surface area (TPSA) is 98.0 Å². The van der Waals surface area contributed by atoms with Crippen LogP contribution >= 0.6 is 22.9 Å². The van der Waals surface area contributed by atoms with E-state index in [9.17, 15) is 8.42 Å². The molecule has 0 aliphatic carbocycles. The summed E-state index contributed by atoms with van der Waals surface area (Å²) in [7, 11) is -3.57. The quantitative estimate of drug-likeness (QED) is 0.880. The third kappa shape index (κ3) is 2.80. The van der Waals surface area contributed by atoms with E-state index in [2.05, 4.69) is 14.1 Å². The van der Waals surface area contributed by atoms with Gasteiger partial charge in [0.1, 0.15) is 10.0 Å². The fourth-order valence-corrected chi connectivity index (χ4v) is 4.15. The zero-order valence-electron chi connectivity index (χ0n) is 8.87. The molecule has 0 atom stereocenters. The zero-order chi connectivity index (χ0) is 12.5. The highest BCUT2D eigenvalue weighted by molar-refractivity contribution is 7.94. The summed E-state index contributed by atoms with van der Waals surface area (Å²) in [6.45, 7) is 2.03. The number of rotatable bonds is 4. The van der Waals surface area contributed by atoms with Gasteiger partial charge >= 0.3 is 0 Å². The molecule has 0 saturated carbocycles. The number of sulfonamides is 1. The Bertz CT molecular complexity index is 616. The molecule has 17 heavy (non-hydrogen) atoms. The van der Waals surface area contributed by atoms with Crippen LogP contribution in [0.1, 0.15) is 10.7 Å². The van der Waals surface area contributed by atoms with E-state index in [1.165, 1.54) is 6.07 Å². The molecule has 0 fully saturated rings. The van der Waals surface area contributed by atoms with E-state index in [4.69, 9.17) is 5.73 Å². The first-order valence-electron chi connectivity index (χ1n) is 4.63. The smallest absolute Gasteiger partial charge is 0.273 e. The highest BCUT2D eigenvalue weighted by atomic mass is 32.2. The van der Waals surface area contributed by atoms with Gasteiger partial charge in [-0.25, -0.2) is 13.4 Å². The van der Waals surface area contributed by atoms with Crippen molar-refractivity contribution < 1.29 is 8.42 Å². The Labute approximate surface area is 107 Å². The van der Waals surface area contributed by atoms with Gasteiger partial charge in [-0.3, -0.25) is 4.72 Å². The van der Waals surface area contributed by atoms with E-state index >= 15 is 0 Å². The van der Waals surface area contributed by atoms with Crippen molar-refractivity contribution in [3.63, 3.8) is 0 Å². The molecular weight excluding hydrogens is 280 g/mol. The molecule has 0 spiro atoms. The number of anilines is 1. The Morgan fingerprint density at radius 2 is 2.24 bits per heavy atom. The number of aromatic nitrogens is 2.